The van der Waals surface area contributed by atoms with Gasteiger partial charge >= 0.3 is 6.18 Å². The number of halogens is 4. The summed E-state index contributed by atoms with van der Waals surface area (Å²) in [6.07, 6.45) is -4.96. The Labute approximate surface area is 137 Å². The van der Waals surface area contributed by atoms with Crippen molar-refractivity contribution in [2.45, 2.75) is 31.0 Å². The Balaban J connectivity index is 1.69. The summed E-state index contributed by atoms with van der Waals surface area (Å²) in [6, 6.07) is 5.94. The van der Waals surface area contributed by atoms with Crippen LogP contribution in [0.15, 0.2) is 24.3 Å². The second-order valence-corrected chi connectivity index (χ2v) is 6.03. The molecule has 0 radical (unpaired) electrons. The third kappa shape index (κ3) is 4.91. The Morgan fingerprint density at radius 2 is 1.79 bits per heavy atom. The molecule has 0 saturated carbocycles. The molecular weight excluding hydrogens is 328 g/mol. The number of nitrogens with one attached hydrogen (secondary N) is 1. The van der Waals surface area contributed by atoms with E-state index in [1.165, 1.54) is 12.1 Å². The molecule has 1 amide bonds. The quantitative estimate of drug-likeness (QED) is 0.799. The number of aliphatic hydroxyl groups is 1. The maximum Gasteiger partial charge on any atom is 0.417 e. The maximum absolute atomic E-state index is 12.8. The smallest absolute Gasteiger partial charge is 0.380 e. The average molecular weight is 348 g/mol. The van der Waals surface area contributed by atoms with E-state index in [1.54, 1.807) is 17.0 Å². The molecule has 1 aliphatic heterocycles. The van der Waals surface area contributed by atoms with Gasteiger partial charge in [0.05, 0.1) is 6.54 Å². The number of likely N-dealkylation sites (tertiary alicyclic amines) is 1. The number of piperidine rings is 1. The summed E-state index contributed by atoms with van der Waals surface area (Å²) < 4.78 is 50.9. The number of carbonyl (C=O) groups is 1. The van der Waals surface area contributed by atoms with Crippen molar-refractivity contribution in [1.29, 1.82) is 0 Å². The van der Waals surface area contributed by atoms with Crippen LogP contribution < -0.4 is 5.32 Å². The molecule has 0 spiro atoms. The Hall–Kier alpha value is -1.67. The third-order valence-electron chi connectivity index (χ3n) is 4.23. The van der Waals surface area contributed by atoms with Crippen molar-refractivity contribution < 1.29 is 27.5 Å². The lowest BCUT2D eigenvalue weighted by molar-refractivity contribution is -0.272. The van der Waals surface area contributed by atoms with Gasteiger partial charge in [0.25, 0.3) is 0 Å². The Bertz CT molecular complexity index is 552. The van der Waals surface area contributed by atoms with E-state index >= 15 is 0 Å². The van der Waals surface area contributed by atoms with Crippen molar-refractivity contribution in [2.75, 3.05) is 26.2 Å². The molecule has 24 heavy (non-hydrogen) atoms. The number of amides is 1. The molecule has 8 heteroatoms. The van der Waals surface area contributed by atoms with Crippen molar-refractivity contribution in [1.82, 2.24) is 10.2 Å². The standard InChI is InChI=1S/C16H20F4N2O2/c17-13-3-1-12(2-4-13)5-8-21-14(23)11-22-9-6-15(24,7-10-22)16(18,19)20/h1-4,24H,5-11H2,(H,21,23). The molecule has 0 bridgehead atoms. The van der Waals surface area contributed by atoms with Gasteiger partial charge in [0.2, 0.25) is 5.91 Å². The molecule has 1 aromatic carbocycles. The molecule has 0 aliphatic carbocycles. The lowest BCUT2D eigenvalue weighted by Crippen LogP contribution is -2.54. The molecule has 1 aromatic rings. The van der Waals surface area contributed by atoms with Gasteiger partial charge in [-0.05, 0) is 37.0 Å². The molecule has 0 atom stereocenters. The van der Waals surface area contributed by atoms with Crippen molar-refractivity contribution >= 4 is 5.91 Å². The van der Waals surface area contributed by atoms with Crippen LogP contribution in [0, 0.1) is 5.82 Å². The van der Waals surface area contributed by atoms with E-state index in [9.17, 15) is 27.5 Å². The Kier molecular flexibility index (Phi) is 5.82. The van der Waals surface area contributed by atoms with Gasteiger partial charge in [-0.2, -0.15) is 13.2 Å². The van der Waals surface area contributed by atoms with E-state index in [-0.39, 0.29) is 31.4 Å². The molecule has 1 saturated heterocycles. The number of carbonyl (C=O) groups excluding carboxylic acids is 1. The van der Waals surface area contributed by atoms with Gasteiger partial charge < -0.3 is 10.4 Å². The van der Waals surface area contributed by atoms with Crippen LogP contribution in [-0.4, -0.2) is 53.9 Å². The minimum atomic E-state index is -4.64. The first kappa shape index (κ1) is 18.7. The Morgan fingerprint density at radius 3 is 2.33 bits per heavy atom. The lowest BCUT2D eigenvalue weighted by atomic mass is 9.91. The number of hydrogen-bond donors (Lipinski definition) is 2. The maximum atomic E-state index is 12.8. The van der Waals surface area contributed by atoms with Crippen molar-refractivity contribution in [2.24, 2.45) is 0 Å². The zero-order valence-corrected chi connectivity index (χ0v) is 13.1. The number of rotatable bonds is 5. The van der Waals surface area contributed by atoms with Gasteiger partial charge in [-0.15, -0.1) is 0 Å². The lowest BCUT2D eigenvalue weighted by Gasteiger charge is -2.38. The largest absolute Gasteiger partial charge is 0.417 e. The SMILES string of the molecule is O=C(CN1CCC(O)(C(F)(F)F)CC1)NCCc1ccc(F)cc1. The van der Waals surface area contributed by atoms with Crippen LogP contribution >= 0.6 is 0 Å². The highest BCUT2D eigenvalue weighted by molar-refractivity contribution is 5.78. The molecule has 1 aliphatic rings. The predicted octanol–water partition coefficient (Wildman–Crippen LogP) is 1.87. The van der Waals surface area contributed by atoms with Crippen molar-refractivity contribution in [3.63, 3.8) is 0 Å². The van der Waals surface area contributed by atoms with Gasteiger partial charge in [0.15, 0.2) is 5.60 Å². The average Bonchev–Trinajstić information content (AvgIpc) is 2.51. The first-order valence-corrected chi connectivity index (χ1v) is 7.72. The molecule has 2 rings (SSSR count). The van der Waals surface area contributed by atoms with Gasteiger partial charge in [-0.1, -0.05) is 12.1 Å². The summed E-state index contributed by atoms with van der Waals surface area (Å²) in [5, 5.41) is 12.3. The van der Waals surface area contributed by atoms with E-state index in [2.05, 4.69) is 5.32 Å². The van der Waals surface area contributed by atoms with E-state index in [4.69, 9.17) is 0 Å². The molecular formula is C16H20F4N2O2. The van der Waals surface area contributed by atoms with Gasteiger partial charge in [-0.25, -0.2) is 4.39 Å². The second-order valence-electron chi connectivity index (χ2n) is 6.03. The molecule has 2 N–H and O–H groups in total. The molecule has 0 unspecified atom stereocenters. The first-order valence-electron chi connectivity index (χ1n) is 7.72. The van der Waals surface area contributed by atoms with Crippen LogP contribution in [0.5, 0.6) is 0 Å². The van der Waals surface area contributed by atoms with Crippen LogP contribution in [0.4, 0.5) is 17.6 Å². The highest BCUT2D eigenvalue weighted by Gasteiger charge is 2.54. The zero-order chi connectivity index (χ0) is 17.8. The summed E-state index contributed by atoms with van der Waals surface area (Å²) in [5.74, 6) is -0.610. The third-order valence-corrected chi connectivity index (χ3v) is 4.23. The second kappa shape index (κ2) is 7.48. The van der Waals surface area contributed by atoms with Gasteiger partial charge in [0.1, 0.15) is 5.82 Å². The van der Waals surface area contributed by atoms with Crippen LogP contribution in [0.2, 0.25) is 0 Å². The number of hydrogen-bond acceptors (Lipinski definition) is 3. The number of benzene rings is 1. The van der Waals surface area contributed by atoms with E-state index in [0.717, 1.165) is 5.56 Å². The van der Waals surface area contributed by atoms with Crippen LogP contribution in [-0.2, 0) is 11.2 Å². The molecule has 1 fully saturated rings. The van der Waals surface area contributed by atoms with E-state index in [1.807, 2.05) is 0 Å². The zero-order valence-electron chi connectivity index (χ0n) is 13.1. The van der Waals surface area contributed by atoms with E-state index < -0.39 is 24.6 Å². The fourth-order valence-corrected chi connectivity index (χ4v) is 2.62. The fourth-order valence-electron chi connectivity index (χ4n) is 2.62. The summed E-state index contributed by atoms with van der Waals surface area (Å²) >= 11 is 0. The monoisotopic (exact) mass is 348 g/mol. The van der Waals surface area contributed by atoms with Crippen LogP contribution in [0.25, 0.3) is 0 Å². The topological polar surface area (TPSA) is 52.6 Å². The predicted molar refractivity (Wildman–Crippen MR) is 79.8 cm³/mol. The summed E-state index contributed by atoms with van der Waals surface area (Å²) in [4.78, 5) is 13.4. The number of nitrogens with zero attached hydrogens (tertiary/aromatic N) is 1. The van der Waals surface area contributed by atoms with Gasteiger partial charge in [-0.3, -0.25) is 9.69 Å². The van der Waals surface area contributed by atoms with Gasteiger partial charge in [0, 0.05) is 19.6 Å². The first-order chi connectivity index (χ1) is 11.2. The molecule has 1 heterocycles. The Morgan fingerprint density at radius 1 is 1.21 bits per heavy atom. The van der Waals surface area contributed by atoms with Crippen LogP contribution in [0.3, 0.4) is 0 Å². The summed E-state index contributed by atoms with van der Waals surface area (Å²) in [6.45, 7) is 0.394. The highest BCUT2D eigenvalue weighted by atomic mass is 19.4. The minimum Gasteiger partial charge on any atom is -0.380 e. The van der Waals surface area contributed by atoms with Crippen molar-refractivity contribution in [3.05, 3.63) is 35.6 Å². The normalized spacial score (nSPS) is 18.4. The number of alkyl halides is 3. The van der Waals surface area contributed by atoms with E-state index in [0.29, 0.717) is 13.0 Å². The summed E-state index contributed by atoms with van der Waals surface area (Å²) in [5.41, 5.74) is -1.77. The molecule has 0 aromatic heterocycles. The summed E-state index contributed by atoms with van der Waals surface area (Å²) in [7, 11) is 0. The molecule has 134 valence electrons. The highest BCUT2D eigenvalue weighted by Crippen LogP contribution is 2.38. The molecule has 4 nitrogen and oxygen atoms in total. The minimum absolute atomic E-state index is 0.00262. The fraction of sp³-hybridized carbons (Fsp3) is 0.562. The van der Waals surface area contributed by atoms with Crippen molar-refractivity contribution in [3.8, 4) is 0 Å². The van der Waals surface area contributed by atoms with Crippen LogP contribution in [0.1, 0.15) is 18.4 Å².